The minimum atomic E-state index is 0.458. The quantitative estimate of drug-likeness (QED) is 0.713. The molecule has 0 saturated heterocycles. The number of nitriles is 1. The molecule has 0 aliphatic rings. The summed E-state index contributed by atoms with van der Waals surface area (Å²) >= 11 is 0. The van der Waals surface area contributed by atoms with Crippen LogP contribution in [0.2, 0.25) is 0 Å². The highest BCUT2D eigenvalue weighted by atomic mass is 15.3. The predicted octanol–water partition coefficient (Wildman–Crippen LogP) is 1.94. The van der Waals surface area contributed by atoms with Crippen LogP contribution in [0.4, 0.5) is 0 Å². The van der Waals surface area contributed by atoms with E-state index in [0.717, 1.165) is 11.3 Å². The van der Waals surface area contributed by atoms with Crippen LogP contribution in [-0.4, -0.2) is 9.78 Å². The molecule has 0 spiro atoms. The molecule has 0 amide bonds. The average Bonchev–Trinajstić information content (AvgIpc) is 2.72. The van der Waals surface area contributed by atoms with Crippen LogP contribution in [0, 0.1) is 11.3 Å². The molecule has 14 heavy (non-hydrogen) atoms. The van der Waals surface area contributed by atoms with E-state index in [1.165, 1.54) is 0 Å². The van der Waals surface area contributed by atoms with Crippen LogP contribution in [0.5, 0.6) is 0 Å². The third kappa shape index (κ3) is 1.64. The summed E-state index contributed by atoms with van der Waals surface area (Å²) < 4.78 is 1.79. The van der Waals surface area contributed by atoms with E-state index in [4.69, 9.17) is 5.26 Å². The number of rotatable bonds is 2. The highest BCUT2D eigenvalue weighted by Crippen LogP contribution is 2.08. The summed E-state index contributed by atoms with van der Waals surface area (Å²) in [4.78, 5) is 0. The van der Waals surface area contributed by atoms with Gasteiger partial charge < -0.3 is 0 Å². The Morgan fingerprint density at radius 1 is 1.29 bits per heavy atom. The molecule has 0 radical (unpaired) electrons. The van der Waals surface area contributed by atoms with Crippen molar-refractivity contribution in [1.29, 1.82) is 5.26 Å². The molecule has 0 saturated carbocycles. The molecule has 0 aliphatic heterocycles. The molecule has 68 valence electrons. The van der Waals surface area contributed by atoms with Gasteiger partial charge in [-0.3, -0.25) is 0 Å². The number of hydrogen-bond donors (Lipinski definition) is 0. The minimum absolute atomic E-state index is 0.458. The van der Waals surface area contributed by atoms with Crippen molar-refractivity contribution in [1.82, 2.24) is 9.78 Å². The molecular formula is C11H9N3. The van der Waals surface area contributed by atoms with Gasteiger partial charge in [-0.25, -0.2) is 4.68 Å². The second-order valence-corrected chi connectivity index (χ2v) is 2.95. The van der Waals surface area contributed by atoms with Crippen molar-refractivity contribution in [3.05, 3.63) is 48.3 Å². The zero-order valence-electron chi connectivity index (χ0n) is 7.59. The first-order valence-electron chi connectivity index (χ1n) is 4.36. The van der Waals surface area contributed by atoms with E-state index in [-0.39, 0.29) is 0 Å². The molecule has 0 aliphatic carbocycles. The lowest BCUT2D eigenvalue weighted by atomic mass is 10.1. The van der Waals surface area contributed by atoms with Gasteiger partial charge in [-0.15, -0.1) is 0 Å². The highest BCUT2D eigenvalue weighted by molar-refractivity contribution is 5.34. The Hall–Kier alpha value is -2.08. The van der Waals surface area contributed by atoms with Crippen LogP contribution in [0.1, 0.15) is 5.56 Å². The standard InChI is InChI=1S/C11H9N3/c12-7-6-10-2-4-11(5-3-10)14-9-1-8-13-14/h1-5,8-9H,6H2. The van der Waals surface area contributed by atoms with Gasteiger partial charge in [0.05, 0.1) is 18.2 Å². The second-order valence-electron chi connectivity index (χ2n) is 2.95. The average molecular weight is 183 g/mol. The Morgan fingerprint density at radius 2 is 2.07 bits per heavy atom. The Kier molecular flexibility index (Phi) is 2.28. The molecule has 2 aromatic rings. The van der Waals surface area contributed by atoms with Crippen molar-refractivity contribution in [3.8, 4) is 11.8 Å². The molecule has 0 unspecified atom stereocenters. The van der Waals surface area contributed by atoms with Crippen LogP contribution < -0.4 is 0 Å². The molecule has 1 aromatic heterocycles. The van der Waals surface area contributed by atoms with E-state index in [1.54, 1.807) is 10.9 Å². The normalized spacial score (nSPS) is 9.64. The van der Waals surface area contributed by atoms with Crippen LogP contribution >= 0.6 is 0 Å². The van der Waals surface area contributed by atoms with Gasteiger partial charge in [-0.2, -0.15) is 10.4 Å². The summed E-state index contributed by atoms with van der Waals surface area (Å²) in [6.45, 7) is 0. The van der Waals surface area contributed by atoms with Gasteiger partial charge in [0.2, 0.25) is 0 Å². The van der Waals surface area contributed by atoms with E-state index < -0.39 is 0 Å². The van der Waals surface area contributed by atoms with Gasteiger partial charge >= 0.3 is 0 Å². The fraction of sp³-hybridized carbons (Fsp3) is 0.0909. The molecule has 2 rings (SSSR count). The van der Waals surface area contributed by atoms with Gasteiger partial charge in [0, 0.05) is 12.4 Å². The number of benzene rings is 1. The minimum Gasteiger partial charge on any atom is -0.241 e. The Balaban J connectivity index is 2.27. The zero-order valence-corrected chi connectivity index (χ0v) is 7.59. The van der Waals surface area contributed by atoms with Gasteiger partial charge in [0.15, 0.2) is 0 Å². The molecule has 3 nitrogen and oxygen atoms in total. The lowest BCUT2D eigenvalue weighted by Crippen LogP contribution is -1.93. The van der Waals surface area contributed by atoms with Crippen LogP contribution in [0.3, 0.4) is 0 Å². The molecule has 0 N–H and O–H groups in total. The third-order valence-electron chi connectivity index (χ3n) is 1.99. The summed E-state index contributed by atoms with van der Waals surface area (Å²) in [5.41, 5.74) is 2.04. The fourth-order valence-corrected chi connectivity index (χ4v) is 1.28. The van der Waals surface area contributed by atoms with E-state index in [2.05, 4.69) is 11.2 Å². The van der Waals surface area contributed by atoms with Crippen LogP contribution in [0.15, 0.2) is 42.7 Å². The van der Waals surface area contributed by atoms with E-state index in [0.29, 0.717) is 6.42 Å². The summed E-state index contributed by atoms with van der Waals surface area (Å²) in [6, 6.07) is 11.8. The molecular weight excluding hydrogens is 174 g/mol. The Bertz CT molecular complexity index is 434. The van der Waals surface area contributed by atoms with Gasteiger partial charge in [0.1, 0.15) is 0 Å². The van der Waals surface area contributed by atoms with Crippen molar-refractivity contribution < 1.29 is 0 Å². The van der Waals surface area contributed by atoms with Crippen LogP contribution in [-0.2, 0) is 6.42 Å². The Labute approximate surface area is 82.2 Å². The first-order chi connectivity index (χ1) is 6.90. The first kappa shape index (κ1) is 8.52. The second kappa shape index (κ2) is 3.75. The van der Waals surface area contributed by atoms with Gasteiger partial charge in [0.25, 0.3) is 0 Å². The maximum Gasteiger partial charge on any atom is 0.0669 e. The SMILES string of the molecule is N#CCc1ccc(-n2cccn2)cc1. The van der Waals surface area contributed by atoms with E-state index in [1.807, 2.05) is 36.5 Å². The molecule has 1 aromatic carbocycles. The molecule has 1 heterocycles. The number of hydrogen-bond acceptors (Lipinski definition) is 2. The summed E-state index contributed by atoms with van der Waals surface area (Å²) in [7, 11) is 0. The van der Waals surface area contributed by atoms with Crippen molar-refractivity contribution in [2.45, 2.75) is 6.42 Å². The maximum absolute atomic E-state index is 8.51. The maximum atomic E-state index is 8.51. The topological polar surface area (TPSA) is 41.6 Å². The summed E-state index contributed by atoms with van der Waals surface area (Å²) in [5, 5.41) is 12.6. The van der Waals surface area contributed by atoms with Crippen LogP contribution in [0.25, 0.3) is 5.69 Å². The fourth-order valence-electron chi connectivity index (χ4n) is 1.28. The van der Waals surface area contributed by atoms with Gasteiger partial charge in [-0.1, -0.05) is 12.1 Å². The zero-order chi connectivity index (χ0) is 9.80. The largest absolute Gasteiger partial charge is 0.241 e. The van der Waals surface area contributed by atoms with Crippen molar-refractivity contribution in [3.63, 3.8) is 0 Å². The lowest BCUT2D eigenvalue weighted by molar-refractivity contribution is 0.879. The lowest BCUT2D eigenvalue weighted by Gasteiger charge is -2.01. The molecule has 3 heteroatoms. The molecule has 0 atom stereocenters. The van der Waals surface area contributed by atoms with E-state index >= 15 is 0 Å². The van der Waals surface area contributed by atoms with E-state index in [9.17, 15) is 0 Å². The summed E-state index contributed by atoms with van der Waals surface area (Å²) in [6.07, 6.45) is 4.09. The highest BCUT2D eigenvalue weighted by Gasteiger charge is 1.95. The molecule has 0 bridgehead atoms. The summed E-state index contributed by atoms with van der Waals surface area (Å²) in [5.74, 6) is 0. The van der Waals surface area contributed by atoms with Gasteiger partial charge in [-0.05, 0) is 23.8 Å². The molecule has 0 fully saturated rings. The Morgan fingerprint density at radius 3 is 2.64 bits per heavy atom. The predicted molar refractivity (Wildman–Crippen MR) is 52.9 cm³/mol. The number of aromatic nitrogens is 2. The third-order valence-corrected chi connectivity index (χ3v) is 1.99. The van der Waals surface area contributed by atoms with Crippen molar-refractivity contribution in [2.75, 3.05) is 0 Å². The smallest absolute Gasteiger partial charge is 0.0669 e. The van der Waals surface area contributed by atoms with Crippen molar-refractivity contribution >= 4 is 0 Å². The monoisotopic (exact) mass is 183 g/mol. The van der Waals surface area contributed by atoms with Crippen molar-refractivity contribution in [2.24, 2.45) is 0 Å². The number of nitrogens with zero attached hydrogens (tertiary/aromatic N) is 3. The first-order valence-corrected chi connectivity index (χ1v) is 4.36.